The zero-order chi connectivity index (χ0) is 12.8. The molecule has 0 unspecified atom stereocenters. The lowest BCUT2D eigenvalue weighted by atomic mass is 10.2. The fourth-order valence-corrected chi connectivity index (χ4v) is 1.56. The molecule has 5 heteroatoms. The quantitative estimate of drug-likeness (QED) is 0.851. The van der Waals surface area contributed by atoms with Crippen LogP contribution < -0.4 is 10.6 Å². The molecule has 92 valence electrons. The average Bonchev–Trinajstić information content (AvgIpc) is 2.45. The van der Waals surface area contributed by atoms with Crippen LogP contribution in [-0.4, -0.2) is 22.9 Å². The molecule has 0 aliphatic heterocycles. The average molecular weight is 242 g/mol. The van der Waals surface area contributed by atoms with Crippen molar-refractivity contribution in [2.24, 2.45) is 0 Å². The molecule has 2 aromatic heterocycles. The number of carbonyl (C=O) groups excluding carboxylic acids is 1. The molecular weight excluding hydrogens is 228 g/mol. The largest absolute Gasteiger partial charge is 0.372 e. The van der Waals surface area contributed by atoms with Crippen LogP contribution in [-0.2, 0) is 6.54 Å². The van der Waals surface area contributed by atoms with E-state index in [1.807, 2.05) is 18.2 Å². The highest BCUT2D eigenvalue weighted by molar-refractivity contribution is 5.98. The van der Waals surface area contributed by atoms with Gasteiger partial charge in [0.15, 0.2) is 0 Å². The number of aromatic nitrogens is 2. The maximum Gasteiger partial charge on any atom is 0.255 e. The van der Waals surface area contributed by atoms with E-state index in [1.165, 1.54) is 0 Å². The van der Waals surface area contributed by atoms with Gasteiger partial charge in [-0.1, -0.05) is 6.07 Å². The number of pyridine rings is 2. The number of hydrogen-bond donors (Lipinski definition) is 2. The van der Waals surface area contributed by atoms with E-state index in [0.717, 1.165) is 5.69 Å². The van der Waals surface area contributed by atoms with Crippen molar-refractivity contribution in [2.75, 3.05) is 12.4 Å². The monoisotopic (exact) mass is 242 g/mol. The minimum absolute atomic E-state index is 0.168. The Balaban J connectivity index is 2.04. The highest BCUT2D eigenvalue weighted by Crippen LogP contribution is 2.10. The number of hydrogen-bond acceptors (Lipinski definition) is 4. The second-order valence-electron chi connectivity index (χ2n) is 3.65. The fourth-order valence-electron chi connectivity index (χ4n) is 1.56. The van der Waals surface area contributed by atoms with E-state index in [1.54, 1.807) is 31.6 Å². The van der Waals surface area contributed by atoms with Crippen LogP contribution >= 0.6 is 0 Å². The topological polar surface area (TPSA) is 66.9 Å². The van der Waals surface area contributed by atoms with Crippen LogP contribution in [0, 0.1) is 0 Å². The Bertz CT molecular complexity index is 528. The molecule has 2 rings (SSSR count). The molecule has 0 spiro atoms. The van der Waals surface area contributed by atoms with Crippen LogP contribution in [0.1, 0.15) is 16.1 Å². The maximum absolute atomic E-state index is 12.0. The first-order chi connectivity index (χ1) is 8.81. The van der Waals surface area contributed by atoms with Crippen LogP contribution in [0.15, 0.2) is 42.7 Å². The summed E-state index contributed by atoms with van der Waals surface area (Å²) in [6.45, 7) is 0.401. The molecule has 18 heavy (non-hydrogen) atoms. The second-order valence-corrected chi connectivity index (χ2v) is 3.65. The van der Waals surface area contributed by atoms with Crippen molar-refractivity contribution in [1.82, 2.24) is 15.3 Å². The van der Waals surface area contributed by atoms with Crippen molar-refractivity contribution in [1.29, 1.82) is 0 Å². The van der Waals surface area contributed by atoms with Gasteiger partial charge in [-0.2, -0.15) is 0 Å². The molecule has 2 N–H and O–H groups in total. The first-order valence-corrected chi connectivity index (χ1v) is 5.62. The maximum atomic E-state index is 12.0. The number of anilines is 1. The van der Waals surface area contributed by atoms with E-state index in [2.05, 4.69) is 20.6 Å². The lowest BCUT2D eigenvalue weighted by Crippen LogP contribution is -2.24. The summed E-state index contributed by atoms with van der Waals surface area (Å²) in [5, 5.41) is 5.70. The normalized spacial score (nSPS) is 9.83. The Labute approximate surface area is 105 Å². The number of amides is 1. The lowest BCUT2D eigenvalue weighted by molar-refractivity contribution is 0.0951. The van der Waals surface area contributed by atoms with Crippen LogP contribution in [0.5, 0.6) is 0 Å². The molecule has 0 saturated heterocycles. The number of rotatable bonds is 4. The van der Waals surface area contributed by atoms with Crippen LogP contribution in [0.3, 0.4) is 0 Å². The Kier molecular flexibility index (Phi) is 3.86. The molecule has 2 heterocycles. The van der Waals surface area contributed by atoms with E-state index < -0.39 is 0 Å². The van der Waals surface area contributed by atoms with Gasteiger partial charge in [0.25, 0.3) is 5.91 Å². The van der Waals surface area contributed by atoms with Gasteiger partial charge in [-0.3, -0.25) is 9.78 Å². The van der Waals surface area contributed by atoms with Gasteiger partial charge in [-0.25, -0.2) is 4.98 Å². The number of nitrogens with one attached hydrogen (secondary N) is 2. The van der Waals surface area contributed by atoms with E-state index in [-0.39, 0.29) is 5.91 Å². The molecule has 0 fully saturated rings. The van der Waals surface area contributed by atoms with Gasteiger partial charge < -0.3 is 10.6 Å². The van der Waals surface area contributed by atoms with Gasteiger partial charge in [-0.15, -0.1) is 0 Å². The first kappa shape index (κ1) is 12.0. The van der Waals surface area contributed by atoms with E-state index in [9.17, 15) is 4.79 Å². The highest BCUT2D eigenvalue weighted by atomic mass is 16.1. The Morgan fingerprint density at radius 2 is 2.00 bits per heavy atom. The van der Waals surface area contributed by atoms with Gasteiger partial charge in [0.2, 0.25) is 0 Å². The third-order valence-electron chi connectivity index (χ3n) is 2.45. The Morgan fingerprint density at radius 3 is 2.72 bits per heavy atom. The molecule has 2 aromatic rings. The summed E-state index contributed by atoms with van der Waals surface area (Å²) >= 11 is 0. The molecule has 0 atom stereocenters. The summed E-state index contributed by atoms with van der Waals surface area (Å²) in [6, 6.07) is 9.05. The Hall–Kier alpha value is -2.43. The van der Waals surface area contributed by atoms with Crippen molar-refractivity contribution in [3.8, 4) is 0 Å². The van der Waals surface area contributed by atoms with Crippen LogP contribution in [0.2, 0.25) is 0 Å². The molecule has 0 radical (unpaired) electrons. The Morgan fingerprint density at radius 1 is 1.17 bits per heavy atom. The van der Waals surface area contributed by atoms with E-state index in [0.29, 0.717) is 17.9 Å². The SMILES string of the molecule is CNc1ncccc1C(=O)NCc1ccccn1. The predicted octanol–water partition coefficient (Wildman–Crippen LogP) is 1.45. The van der Waals surface area contributed by atoms with Gasteiger partial charge in [0, 0.05) is 19.4 Å². The number of nitrogens with zero attached hydrogens (tertiary/aromatic N) is 2. The minimum atomic E-state index is -0.168. The zero-order valence-electron chi connectivity index (χ0n) is 10.1. The summed E-state index contributed by atoms with van der Waals surface area (Å²) in [5.74, 6) is 0.397. The van der Waals surface area contributed by atoms with E-state index in [4.69, 9.17) is 0 Å². The highest BCUT2D eigenvalue weighted by Gasteiger charge is 2.10. The van der Waals surface area contributed by atoms with Crippen molar-refractivity contribution in [3.05, 3.63) is 54.0 Å². The van der Waals surface area contributed by atoms with Crippen molar-refractivity contribution >= 4 is 11.7 Å². The fraction of sp³-hybridized carbons (Fsp3) is 0.154. The van der Waals surface area contributed by atoms with Crippen LogP contribution in [0.25, 0.3) is 0 Å². The summed E-state index contributed by atoms with van der Waals surface area (Å²) in [5.41, 5.74) is 1.34. The first-order valence-electron chi connectivity index (χ1n) is 5.62. The summed E-state index contributed by atoms with van der Waals surface area (Å²) in [4.78, 5) is 20.2. The predicted molar refractivity (Wildman–Crippen MR) is 69.2 cm³/mol. The smallest absolute Gasteiger partial charge is 0.255 e. The molecule has 0 bridgehead atoms. The van der Waals surface area contributed by atoms with Crippen molar-refractivity contribution in [2.45, 2.75) is 6.54 Å². The summed E-state index contributed by atoms with van der Waals surface area (Å²) in [6.07, 6.45) is 3.34. The standard InChI is InChI=1S/C13H14N4O/c1-14-12-11(6-4-8-16-12)13(18)17-9-10-5-2-3-7-15-10/h2-8H,9H2,1H3,(H,14,16)(H,17,18). The lowest BCUT2D eigenvalue weighted by Gasteiger charge is -2.08. The third kappa shape index (κ3) is 2.82. The molecule has 0 aliphatic carbocycles. The van der Waals surface area contributed by atoms with Gasteiger partial charge >= 0.3 is 0 Å². The molecular formula is C13H14N4O. The van der Waals surface area contributed by atoms with Crippen LogP contribution in [0.4, 0.5) is 5.82 Å². The van der Waals surface area contributed by atoms with E-state index >= 15 is 0 Å². The third-order valence-corrected chi connectivity index (χ3v) is 2.45. The molecule has 0 aromatic carbocycles. The molecule has 0 aliphatic rings. The molecule has 1 amide bonds. The van der Waals surface area contributed by atoms with Gasteiger partial charge in [-0.05, 0) is 24.3 Å². The summed E-state index contributed by atoms with van der Waals surface area (Å²) < 4.78 is 0. The zero-order valence-corrected chi connectivity index (χ0v) is 10.1. The minimum Gasteiger partial charge on any atom is -0.372 e. The van der Waals surface area contributed by atoms with Crippen molar-refractivity contribution in [3.63, 3.8) is 0 Å². The summed E-state index contributed by atoms with van der Waals surface area (Å²) in [7, 11) is 1.73. The number of carbonyl (C=O) groups is 1. The van der Waals surface area contributed by atoms with Gasteiger partial charge in [0.1, 0.15) is 5.82 Å². The second kappa shape index (κ2) is 5.77. The molecule has 5 nitrogen and oxygen atoms in total. The van der Waals surface area contributed by atoms with Crippen molar-refractivity contribution < 1.29 is 4.79 Å². The van der Waals surface area contributed by atoms with Gasteiger partial charge in [0.05, 0.1) is 17.8 Å². The molecule has 0 saturated carbocycles.